The van der Waals surface area contributed by atoms with E-state index in [1.165, 1.54) is 0 Å². The lowest BCUT2D eigenvalue weighted by Crippen LogP contribution is -1.75. The third-order valence-electron chi connectivity index (χ3n) is 1.84. The summed E-state index contributed by atoms with van der Waals surface area (Å²) in [6, 6.07) is 5.49. The highest BCUT2D eigenvalue weighted by molar-refractivity contribution is 6.29. The normalized spacial score (nSPS) is 11.1. The topological polar surface area (TPSA) is 38.9 Å². The maximum absolute atomic E-state index is 5.67. The van der Waals surface area contributed by atoms with Crippen LogP contribution < -0.4 is 0 Å². The summed E-state index contributed by atoms with van der Waals surface area (Å²) >= 11 is 5.67. The molecule has 0 aliphatic carbocycles. The molecule has 0 aromatic carbocycles. The van der Waals surface area contributed by atoms with Gasteiger partial charge in [0.25, 0.3) is 0 Å². The van der Waals surface area contributed by atoms with Gasteiger partial charge in [0.2, 0.25) is 0 Å². The van der Waals surface area contributed by atoms with Gasteiger partial charge in [-0.25, -0.2) is 4.98 Å². The second-order valence-corrected chi connectivity index (χ2v) is 3.51. The Hall–Kier alpha value is -1.61. The number of rotatable bonds is 2. The molecule has 2 heterocycles. The Morgan fingerprint density at radius 3 is 2.80 bits per heavy atom. The summed E-state index contributed by atoms with van der Waals surface area (Å²) in [5.74, 6) is 0.724. The zero-order valence-electron chi connectivity index (χ0n) is 8.14. The summed E-state index contributed by atoms with van der Waals surface area (Å²) in [5.41, 5.74) is 1.83. The van der Waals surface area contributed by atoms with Gasteiger partial charge in [-0.1, -0.05) is 22.8 Å². The Bertz CT molecular complexity index is 474. The van der Waals surface area contributed by atoms with E-state index in [0.717, 1.165) is 17.0 Å². The molecule has 2 aromatic rings. The molecule has 4 heteroatoms. The van der Waals surface area contributed by atoms with Gasteiger partial charge in [0.15, 0.2) is 5.76 Å². The van der Waals surface area contributed by atoms with Crippen molar-refractivity contribution in [2.45, 2.75) is 6.92 Å². The van der Waals surface area contributed by atoms with E-state index in [4.69, 9.17) is 16.1 Å². The molecule has 0 amide bonds. The Labute approximate surface area is 92.4 Å². The second kappa shape index (κ2) is 4.28. The minimum atomic E-state index is 0.489. The van der Waals surface area contributed by atoms with Crippen molar-refractivity contribution in [3.63, 3.8) is 0 Å². The fraction of sp³-hybridized carbons (Fsp3) is 0.0909. The van der Waals surface area contributed by atoms with E-state index >= 15 is 0 Å². The predicted molar refractivity (Wildman–Crippen MR) is 59.4 cm³/mol. The molecule has 0 N–H and O–H groups in total. The quantitative estimate of drug-likeness (QED) is 0.730. The average Bonchev–Trinajstić information content (AvgIpc) is 2.64. The molecule has 0 saturated heterocycles. The van der Waals surface area contributed by atoms with Crippen LogP contribution in [0.15, 0.2) is 28.9 Å². The van der Waals surface area contributed by atoms with Crippen LogP contribution in [0.5, 0.6) is 0 Å². The molecule has 2 aromatic heterocycles. The van der Waals surface area contributed by atoms with Crippen LogP contribution in [0.3, 0.4) is 0 Å². The van der Waals surface area contributed by atoms with Crippen molar-refractivity contribution < 1.29 is 4.52 Å². The minimum Gasteiger partial charge on any atom is -0.357 e. The first-order valence-corrected chi connectivity index (χ1v) is 4.85. The maximum atomic E-state index is 5.67. The molecule has 0 spiro atoms. The number of hydrogen-bond acceptors (Lipinski definition) is 3. The van der Waals surface area contributed by atoms with Crippen molar-refractivity contribution in [2.75, 3.05) is 0 Å². The summed E-state index contributed by atoms with van der Waals surface area (Å²) < 4.78 is 5.03. The van der Waals surface area contributed by atoms with Crippen LogP contribution in [0.1, 0.15) is 17.0 Å². The molecule has 3 nitrogen and oxygen atoms in total. The molecular formula is C11H9ClN2O. The first kappa shape index (κ1) is 9.93. The van der Waals surface area contributed by atoms with Crippen molar-refractivity contribution >= 4 is 23.8 Å². The van der Waals surface area contributed by atoms with Crippen LogP contribution >= 0.6 is 11.6 Å². The Morgan fingerprint density at radius 2 is 2.20 bits per heavy atom. The lowest BCUT2D eigenvalue weighted by molar-refractivity contribution is 0.408. The summed E-state index contributed by atoms with van der Waals surface area (Å²) in [4.78, 5) is 3.96. The molecule has 0 fully saturated rings. The van der Waals surface area contributed by atoms with E-state index in [2.05, 4.69) is 10.1 Å². The first-order chi connectivity index (χ1) is 7.24. The molecular weight excluding hydrogens is 212 g/mol. The van der Waals surface area contributed by atoms with E-state index in [1.807, 2.05) is 31.2 Å². The lowest BCUT2D eigenvalue weighted by Gasteiger charge is -1.91. The van der Waals surface area contributed by atoms with Crippen molar-refractivity contribution in [1.82, 2.24) is 10.1 Å². The number of pyridine rings is 1. The zero-order chi connectivity index (χ0) is 10.7. The Balaban J connectivity index is 2.14. The van der Waals surface area contributed by atoms with Crippen LogP contribution in [0.25, 0.3) is 12.2 Å². The molecule has 2 rings (SSSR count). The van der Waals surface area contributed by atoms with Gasteiger partial charge in [-0.3, -0.25) is 0 Å². The van der Waals surface area contributed by atoms with Gasteiger partial charge in [0, 0.05) is 12.3 Å². The predicted octanol–water partition coefficient (Wildman–Crippen LogP) is 3.20. The van der Waals surface area contributed by atoms with E-state index in [9.17, 15) is 0 Å². The molecule has 0 unspecified atom stereocenters. The lowest BCUT2D eigenvalue weighted by atomic mass is 10.2. The number of nitrogens with zero attached hydrogens (tertiary/aromatic N) is 2. The number of hydrogen-bond donors (Lipinski definition) is 0. The number of aromatic nitrogens is 2. The standard InChI is InChI=1S/C11H9ClN2O/c1-8-6-10(15-14-8)4-2-9-3-5-11(12)13-7-9/h2-7H,1H3/b4-2+. The smallest absolute Gasteiger partial charge is 0.159 e. The highest BCUT2D eigenvalue weighted by Gasteiger charge is 1.95. The summed E-state index contributed by atoms with van der Waals surface area (Å²) in [6.07, 6.45) is 5.43. The molecule has 15 heavy (non-hydrogen) atoms. The third kappa shape index (κ3) is 2.67. The molecule has 0 saturated carbocycles. The van der Waals surface area contributed by atoms with E-state index in [1.54, 1.807) is 12.3 Å². The monoisotopic (exact) mass is 220 g/mol. The molecule has 0 bridgehead atoms. The Kier molecular flexibility index (Phi) is 2.83. The molecule has 0 atom stereocenters. The SMILES string of the molecule is Cc1cc(/C=C/c2ccc(Cl)nc2)on1. The van der Waals surface area contributed by atoms with Gasteiger partial charge in [0.05, 0.1) is 5.69 Å². The number of halogens is 1. The summed E-state index contributed by atoms with van der Waals surface area (Å²) in [7, 11) is 0. The fourth-order valence-corrected chi connectivity index (χ4v) is 1.24. The highest BCUT2D eigenvalue weighted by Crippen LogP contribution is 2.10. The van der Waals surface area contributed by atoms with Gasteiger partial charge in [-0.15, -0.1) is 0 Å². The molecule has 0 aliphatic heterocycles. The largest absolute Gasteiger partial charge is 0.357 e. The molecule has 0 radical (unpaired) electrons. The van der Waals surface area contributed by atoms with Crippen LogP contribution in [0, 0.1) is 6.92 Å². The van der Waals surface area contributed by atoms with Crippen molar-refractivity contribution in [1.29, 1.82) is 0 Å². The molecule has 0 aliphatic rings. The van der Waals surface area contributed by atoms with Gasteiger partial charge in [-0.05, 0) is 30.7 Å². The van der Waals surface area contributed by atoms with Crippen molar-refractivity contribution in [3.05, 3.63) is 46.6 Å². The summed E-state index contributed by atoms with van der Waals surface area (Å²) in [6.45, 7) is 1.88. The van der Waals surface area contributed by atoms with E-state index < -0.39 is 0 Å². The van der Waals surface area contributed by atoms with Crippen LogP contribution in [0.2, 0.25) is 5.15 Å². The van der Waals surface area contributed by atoms with Crippen molar-refractivity contribution in [3.8, 4) is 0 Å². The molecule has 76 valence electrons. The summed E-state index contributed by atoms with van der Waals surface area (Å²) in [5, 5.41) is 4.27. The second-order valence-electron chi connectivity index (χ2n) is 3.12. The van der Waals surface area contributed by atoms with Crippen LogP contribution in [0.4, 0.5) is 0 Å². The van der Waals surface area contributed by atoms with E-state index in [-0.39, 0.29) is 0 Å². The van der Waals surface area contributed by atoms with Crippen LogP contribution in [-0.4, -0.2) is 10.1 Å². The van der Waals surface area contributed by atoms with Crippen molar-refractivity contribution in [2.24, 2.45) is 0 Å². The van der Waals surface area contributed by atoms with Gasteiger partial charge in [0.1, 0.15) is 5.15 Å². The third-order valence-corrected chi connectivity index (χ3v) is 2.06. The van der Waals surface area contributed by atoms with Gasteiger partial charge >= 0.3 is 0 Å². The maximum Gasteiger partial charge on any atom is 0.159 e. The highest BCUT2D eigenvalue weighted by atomic mass is 35.5. The minimum absolute atomic E-state index is 0.489. The number of aryl methyl sites for hydroxylation is 1. The average molecular weight is 221 g/mol. The van der Waals surface area contributed by atoms with Crippen LogP contribution in [-0.2, 0) is 0 Å². The zero-order valence-corrected chi connectivity index (χ0v) is 8.90. The fourth-order valence-electron chi connectivity index (χ4n) is 1.13. The van der Waals surface area contributed by atoms with Gasteiger partial charge < -0.3 is 4.52 Å². The van der Waals surface area contributed by atoms with Gasteiger partial charge in [-0.2, -0.15) is 0 Å². The van der Waals surface area contributed by atoms with E-state index in [0.29, 0.717) is 5.15 Å². The first-order valence-electron chi connectivity index (χ1n) is 4.47. The Morgan fingerprint density at radius 1 is 1.33 bits per heavy atom.